The number of phenolic OH excluding ortho intramolecular Hbond substituents is 2. The zero-order valence-corrected chi connectivity index (χ0v) is 26.1. The predicted octanol–water partition coefficient (Wildman–Crippen LogP) is 2.40. The van der Waals surface area contributed by atoms with E-state index in [9.17, 15) is 38.9 Å². The number of oxime groups is 1. The number of carboxylic acids is 1. The molecule has 0 saturated carbocycles. The molecule has 1 aromatic carbocycles. The fourth-order valence-electron chi connectivity index (χ4n) is 4.31. The second kappa shape index (κ2) is 11.3. The molecule has 236 valence electrons. The zero-order valence-electron chi connectivity index (χ0n) is 24.4. The minimum Gasteiger partial charge on any atom is -0.504 e. The number of fused-ring (bicyclic) bond motifs is 1. The van der Waals surface area contributed by atoms with Crippen LogP contribution in [0.5, 0.6) is 11.5 Å². The van der Waals surface area contributed by atoms with Crippen LogP contribution in [0.1, 0.15) is 52.8 Å². The zero-order chi connectivity index (χ0) is 32.9. The van der Waals surface area contributed by atoms with E-state index in [1.54, 1.807) is 20.8 Å². The first-order valence-electron chi connectivity index (χ1n) is 12.9. The summed E-state index contributed by atoms with van der Waals surface area (Å²) in [6.45, 7) is 9.19. The molecule has 14 nitrogen and oxygen atoms in total. The molecule has 17 heteroatoms. The Labute approximate surface area is 258 Å². The number of hydrogen-bond acceptors (Lipinski definition) is 13. The first-order valence-corrected chi connectivity index (χ1v) is 14.9. The van der Waals surface area contributed by atoms with E-state index in [-0.39, 0.29) is 27.7 Å². The highest BCUT2D eigenvalue weighted by molar-refractivity contribution is 8.00. The van der Waals surface area contributed by atoms with E-state index in [0.29, 0.717) is 0 Å². The number of thioether (sulfide) groups is 1. The summed E-state index contributed by atoms with van der Waals surface area (Å²) in [6, 6.07) is 1.84. The highest BCUT2D eigenvalue weighted by atomic mass is 32.2. The number of benzene rings is 1. The molecule has 1 unspecified atom stereocenters. The molecule has 0 aliphatic carbocycles. The number of amides is 2. The first kappa shape index (κ1) is 32.5. The lowest BCUT2D eigenvalue weighted by Crippen LogP contribution is -2.78. The average molecular weight is 652 g/mol. The number of halogens is 1. The number of aliphatic carboxylic acids is 1. The van der Waals surface area contributed by atoms with Gasteiger partial charge in [-0.2, -0.15) is 0 Å². The number of β-lactam (4-membered cyclic amide) rings is 1. The van der Waals surface area contributed by atoms with Crippen LogP contribution in [-0.2, 0) is 28.8 Å². The molecule has 0 radical (unpaired) electrons. The maximum Gasteiger partial charge on any atom is 0.353 e. The molecule has 1 aromatic heterocycles. The predicted molar refractivity (Wildman–Crippen MR) is 158 cm³/mol. The summed E-state index contributed by atoms with van der Waals surface area (Å²) in [5.74, 6) is -7.02. The van der Waals surface area contributed by atoms with Crippen LogP contribution in [-0.4, -0.2) is 82.5 Å². The maximum atomic E-state index is 14.2. The highest BCUT2D eigenvalue weighted by Gasteiger charge is 2.63. The summed E-state index contributed by atoms with van der Waals surface area (Å²) in [5, 5.41) is 36.6. The van der Waals surface area contributed by atoms with Crippen LogP contribution in [0.25, 0.3) is 5.57 Å². The van der Waals surface area contributed by atoms with Crippen molar-refractivity contribution in [3.63, 3.8) is 0 Å². The van der Waals surface area contributed by atoms with Crippen molar-refractivity contribution in [2.24, 2.45) is 5.16 Å². The van der Waals surface area contributed by atoms with Gasteiger partial charge in [-0.1, -0.05) is 5.16 Å². The number of nitrogens with one attached hydrogen (secondary N) is 1. The summed E-state index contributed by atoms with van der Waals surface area (Å²) >= 11 is 2.09. The quantitative estimate of drug-likeness (QED) is 0.0915. The van der Waals surface area contributed by atoms with E-state index in [4.69, 9.17) is 15.3 Å². The number of phenols is 2. The van der Waals surface area contributed by atoms with Crippen LogP contribution in [0.15, 0.2) is 28.4 Å². The maximum absolute atomic E-state index is 14.2. The fraction of sp³-hybridized carbons (Fsp3) is 0.407. The number of esters is 1. The SMILES string of the molecule is CC(C)(C)OC(=O)C(C)(C)ON=C(C(=O)NC1(C)C(=O)N2C(C(=O)O)=C(c3cc(O)c(O)c(F)c3)CS[C@H]21)c1csc(N)n1. The van der Waals surface area contributed by atoms with E-state index in [1.165, 1.54) is 26.2 Å². The molecule has 6 N–H and O–H groups in total. The highest BCUT2D eigenvalue weighted by Crippen LogP contribution is 2.48. The molecule has 2 aliphatic rings. The average Bonchev–Trinajstić information content (AvgIpc) is 3.34. The van der Waals surface area contributed by atoms with Crippen LogP contribution in [0.4, 0.5) is 9.52 Å². The van der Waals surface area contributed by atoms with Crippen molar-refractivity contribution in [2.45, 2.75) is 63.7 Å². The van der Waals surface area contributed by atoms with Crippen molar-refractivity contribution in [1.82, 2.24) is 15.2 Å². The number of thiazole rings is 1. The number of nitrogen functional groups attached to an aromatic ring is 1. The number of aromatic nitrogens is 1. The van der Waals surface area contributed by atoms with Crippen LogP contribution >= 0.6 is 23.1 Å². The van der Waals surface area contributed by atoms with Crippen molar-refractivity contribution in [1.29, 1.82) is 0 Å². The lowest BCUT2D eigenvalue weighted by Gasteiger charge is -2.55. The Bertz CT molecular complexity index is 1610. The van der Waals surface area contributed by atoms with Crippen molar-refractivity contribution in [3.8, 4) is 11.5 Å². The number of carbonyl (C=O) groups excluding carboxylic acids is 3. The van der Waals surface area contributed by atoms with Gasteiger partial charge in [-0.3, -0.25) is 14.5 Å². The number of carboxylic acid groups (broad SMARTS) is 1. The number of ether oxygens (including phenoxy) is 1. The summed E-state index contributed by atoms with van der Waals surface area (Å²) in [5.41, 5.74) is 0.737. The van der Waals surface area contributed by atoms with Gasteiger partial charge < -0.3 is 35.9 Å². The molecule has 2 amide bonds. The Balaban J connectivity index is 1.64. The molecule has 1 saturated heterocycles. The number of carbonyl (C=O) groups is 4. The Hall–Kier alpha value is -4.38. The first-order chi connectivity index (χ1) is 20.3. The van der Waals surface area contributed by atoms with Crippen molar-refractivity contribution in [2.75, 3.05) is 11.5 Å². The molecule has 1 fully saturated rings. The van der Waals surface area contributed by atoms with Crippen molar-refractivity contribution >= 4 is 63.3 Å². The van der Waals surface area contributed by atoms with Crippen LogP contribution < -0.4 is 11.1 Å². The molecule has 0 spiro atoms. The summed E-state index contributed by atoms with van der Waals surface area (Å²) in [6.07, 6.45) is 0. The van der Waals surface area contributed by atoms with Gasteiger partial charge in [0.25, 0.3) is 11.8 Å². The van der Waals surface area contributed by atoms with Gasteiger partial charge in [-0.05, 0) is 59.2 Å². The molecule has 2 aliphatic heterocycles. The van der Waals surface area contributed by atoms with Gasteiger partial charge in [0, 0.05) is 16.7 Å². The Morgan fingerprint density at radius 2 is 1.89 bits per heavy atom. The Morgan fingerprint density at radius 3 is 2.43 bits per heavy atom. The van der Waals surface area contributed by atoms with E-state index in [0.717, 1.165) is 40.1 Å². The molecule has 2 atom stereocenters. The largest absolute Gasteiger partial charge is 0.504 e. The summed E-state index contributed by atoms with van der Waals surface area (Å²) < 4.78 is 19.5. The molecule has 44 heavy (non-hydrogen) atoms. The van der Waals surface area contributed by atoms with Gasteiger partial charge in [-0.25, -0.2) is 19.0 Å². The third-order valence-corrected chi connectivity index (χ3v) is 8.63. The second-order valence-electron chi connectivity index (χ2n) is 11.6. The molecule has 2 aromatic rings. The Morgan fingerprint density at radius 1 is 1.23 bits per heavy atom. The smallest absolute Gasteiger partial charge is 0.353 e. The van der Waals surface area contributed by atoms with Gasteiger partial charge in [0.2, 0.25) is 5.60 Å². The second-order valence-corrected chi connectivity index (χ2v) is 13.5. The molecular formula is C27H30FN5O9S2. The van der Waals surface area contributed by atoms with E-state index in [1.807, 2.05) is 0 Å². The number of hydrogen-bond donors (Lipinski definition) is 5. The summed E-state index contributed by atoms with van der Waals surface area (Å²) in [7, 11) is 0. The van der Waals surface area contributed by atoms with Gasteiger partial charge >= 0.3 is 11.9 Å². The van der Waals surface area contributed by atoms with Gasteiger partial charge in [0.05, 0.1) is 0 Å². The number of nitrogens with two attached hydrogens (primary N) is 1. The van der Waals surface area contributed by atoms with Gasteiger partial charge in [0.1, 0.15) is 27.9 Å². The van der Waals surface area contributed by atoms with Crippen LogP contribution in [0.3, 0.4) is 0 Å². The molecule has 4 rings (SSSR count). The van der Waals surface area contributed by atoms with E-state index >= 15 is 0 Å². The number of rotatable bonds is 8. The number of aromatic hydroxyl groups is 2. The number of nitrogens with zero attached hydrogens (tertiary/aromatic N) is 3. The standard InChI is InChI=1S/C27H30FN5O9S2/c1-25(2,3)41-23(40)26(4,5)42-32-16(14-10-44-24(29)30-14)19(36)31-27(6)21(39)33-17(20(37)38)12(9-43-22(27)33)11-7-13(28)18(35)15(34)8-11/h7-8,10,22,34-35H,9H2,1-6H3,(H2,29,30)(H,31,36)(H,37,38)/t22-,27?/m0/s1. The molecular weight excluding hydrogens is 621 g/mol. The molecule has 3 heterocycles. The number of anilines is 1. The van der Waals surface area contributed by atoms with Crippen LogP contribution in [0, 0.1) is 5.82 Å². The third kappa shape index (κ3) is 6.01. The van der Waals surface area contributed by atoms with Gasteiger partial charge in [-0.15, -0.1) is 23.1 Å². The minimum atomic E-state index is -1.64. The van der Waals surface area contributed by atoms with Gasteiger partial charge in [0.15, 0.2) is 28.2 Å². The monoisotopic (exact) mass is 651 g/mol. The normalized spacial score (nSPS) is 20.5. The minimum absolute atomic E-state index is 0.00362. The third-order valence-electron chi connectivity index (χ3n) is 6.51. The fourth-order valence-corrected chi connectivity index (χ4v) is 6.33. The van der Waals surface area contributed by atoms with E-state index in [2.05, 4.69) is 15.5 Å². The van der Waals surface area contributed by atoms with E-state index < -0.39 is 74.6 Å². The van der Waals surface area contributed by atoms with Crippen molar-refractivity contribution in [3.05, 3.63) is 40.3 Å². The topological polar surface area (TPSA) is 214 Å². The Kier molecular flexibility index (Phi) is 8.34. The summed E-state index contributed by atoms with van der Waals surface area (Å²) in [4.78, 5) is 62.5. The lowest BCUT2D eigenvalue weighted by atomic mass is 9.87. The lowest BCUT2D eigenvalue weighted by molar-refractivity contribution is -0.179. The van der Waals surface area contributed by atoms with Crippen molar-refractivity contribution < 1.29 is 48.5 Å². The van der Waals surface area contributed by atoms with Crippen LogP contribution in [0.2, 0.25) is 0 Å². The molecule has 0 bridgehead atoms.